The number of anilines is 2. The van der Waals surface area contributed by atoms with Crippen LogP contribution in [0.4, 0.5) is 10.8 Å². The van der Waals surface area contributed by atoms with Crippen LogP contribution in [0.5, 0.6) is 0 Å². The Bertz CT molecular complexity index is 1300. The second-order valence-electron chi connectivity index (χ2n) is 7.99. The molecule has 0 radical (unpaired) electrons. The normalized spacial score (nSPS) is 12.9. The number of nitrogens with zero attached hydrogens (tertiary/aromatic N) is 2. The standard InChI is InChI=1S/C26H22N4O2S/c1-16(31)29-20-12-19(13-27-14-20)23-15-28-26(33-23)30-25(32)24-21-8-4-2-6-17(21)10-11-18-7-3-5-9-22(18)24/h2-9,12-15,24H,10-11H2,1H3,(H,29,31)(H,28,30,32). The van der Waals surface area contributed by atoms with Crippen LogP contribution in [-0.2, 0) is 22.4 Å². The van der Waals surface area contributed by atoms with Crippen molar-refractivity contribution in [2.24, 2.45) is 0 Å². The first kappa shape index (κ1) is 21.0. The molecule has 0 spiro atoms. The lowest BCUT2D eigenvalue weighted by atomic mass is 9.87. The van der Waals surface area contributed by atoms with Crippen molar-refractivity contribution in [1.29, 1.82) is 0 Å². The van der Waals surface area contributed by atoms with Crippen molar-refractivity contribution in [3.63, 3.8) is 0 Å². The van der Waals surface area contributed by atoms with Gasteiger partial charge in [0, 0.05) is 24.9 Å². The van der Waals surface area contributed by atoms with E-state index in [0.717, 1.165) is 34.4 Å². The number of hydrogen-bond donors (Lipinski definition) is 2. The van der Waals surface area contributed by atoms with Crippen LogP contribution < -0.4 is 10.6 Å². The second-order valence-corrected chi connectivity index (χ2v) is 9.02. The number of rotatable bonds is 4. The number of nitrogens with one attached hydrogen (secondary N) is 2. The molecule has 6 nitrogen and oxygen atoms in total. The van der Waals surface area contributed by atoms with Crippen LogP contribution in [0.3, 0.4) is 0 Å². The highest BCUT2D eigenvalue weighted by Crippen LogP contribution is 2.36. The summed E-state index contributed by atoms with van der Waals surface area (Å²) in [5, 5.41) is 6.30. The summed E-state index contributed by atoms with van der Waals surface area (Å²) in [5.41, 5.74) is 5.94. The molecule has 0 fully saturated rings. The predicted octanol–water partition coefficient (Wildman–Crippen LogP) is 5.03. The number of carbonyl (C=O) groups is 2. The van der Waals surface area contributed by atoms with Crippen molar-refractivity contribution < 1.29 is 9.59 Å². The van der Waals surface area contributed by atoms with E-state index in [-0.39, 0.29) is 11.8 Å². The molecule has 2 aromatic carbocycles. The lowest BCUT2D eigenvalue weighted by Crippen LogP contribution is -2.23. The molecule has 0 atom stereocenters. The van der Waals surface area contributed by atoms with E-state index >= 15 is 0 Å². The van der Waals surface area contributed by atoms with Gasteiger partial charge in [0.1, 0.15) is 0 Å². The molecule has 33 heavy (non-hydrogen) atoms. The zero-order valence-corrected chi connectivity index (χ0v) is 18.9. The van der Waals surface area contributed by atoms with Gasteiger partial charge in [0.2, 0.25) is 11.8 Å². The molecule has 0 unspecified atom stereocenters. The van der Waals surface area contributed by atoms with Gasteiger partial charge in [0.15, 0.2) is 5.13 Å². The summed E-state index contributed by atoms with van der Waals surface area (Å²) in [7, 11) is 0. The first-order valence-corrected chi connectivity index (χ1v) is 11.6. The van der Waals surface area contributed by atoms with E-state index in [0.29, 0.717) is 10.8 Å². The molecule has 0 bridgehead atoms. The average molecular weight is 455 g/mol. The van der Waals surface area contributed by atoms with Crippen LogP contribution in [-0.4, -0.2) is 21.8 Å². The molecule has 2 aromatic heterocycles. The Morgan fingerprint density at radius 3 is 2.24 bits per heavy atom. The summed E-state index contributed by atoms with van der Waals surface area (Å²) in [6.45, 7) is 1.46. The van der Waals surface area contributed by atoms with E-state index in [4.69, 9.17) is 0 Å². The van der Waals surface area contributed by atoms with Gasteiger partial charge in [0.25, 0.3) is 0 Å². The molecule has 5 rings (SSSR count). The van der Waals surface area contributed by atoms with Crippen molar-refractivity contribution >= 4 is 34.0 Å². The molecule has 164 valence electrons. The van der Waals surface area contributed by atoms with Crippen LogP contribution in [0.1, 0.15) is 35.1 Å². The van der Waals surface area contributed by atoms with Crippen molar-refractivity contribution in [2.45, 2.75) is 25.7 Å². The lowest BCUT2D eigenvalue weighted by Gasteiger charge is -2.19. The summed E-state index contributed by atoms with van der Waals surface area (Å²) in [5.74, 6) is -0.644. The largest absolute Gasteiger partial charge is 0.325 e. The molecule has 4 aromatic rings. The van der Waals surface area contributed by atoms with E-state index in [2.05, 4.69) is 32.7 Å². The van der Waals surface area contributed by atoms with Gasteiger partial charge in [0.05, 0.1) is 22.7 Å². The number of pyridine rings is 1. The number of amides is 2. The minimum Gasteiger partial charge on any atom is -0.325 e. The first-order valence-electron chi connectivity index (χ1n) is 10.7. The molecule has 7 heteroatoms. The predicted molar refractivity (Wildman–Crippen MR) is 130 cm³/mol. The summed E-state index contributed by atoms with van der Waals surface area (Å²) in [6, 6.07) is 18.2. The van der Waals surface area contributed by atoms with Gasteiger partial charge in [-0.25, -0.2) is 4.98 Å². The van der Waals surface area contributed by atoms with Crippen LogP contribution >= 0.6 is 11.3 Å². The number of hydrogen-bond acceptors (Lipinski definition) is 5. The molecule has 0 saturated heterocycles. The number of aryl methyl sites for hydroxylation is 2. The van der Waals surface area contributed by atoms with Crippen molar-refractivity contribution in [1.82, 2.24) is 9.97 Å². The van der Waals surface area contributed by atoms with Gasteiger partial charge in [-0.15, -0.1) is 0 Å². The third-order valence-corrected chi connectivity index (χ3v) is 6.70. The third kappa shape index (κ3) is 4.40. The van der Waals surface area contributed by atoms with Crippen molar-refractivity contribution in [3.8, 4) is 10.4 Å². The van der Waals surface area contributed by atoms with Crippen molar-refractivity contribution in [3.05, 3.63) is 95.4 Å². The molecular formula is C26H22N4O2S. The Labute approximate surface area is 195 Å². The number of fused-ring (bicyclic) bond motifs is 2. The van der Waals surface area contributed by atoms with E-state index in [1.165, 1.54) is 29.4 Å². The van der Waals surface area contributed by atoms with Gasteiger partial charge in [-0.2, -0.15) is 0 Å². The first-order chi connectivity index (χ1) is 16.1. The Balaban J connectivity index is 1.44. The molecule has 1 aliphatic carbocycles. The SMILES string of the molecule is CC(=O)Nc1cncc(-c2cnc(NC(=O)C3c4ccccc4CCc4ccccc43)s2)c1. The molecular weight excluding hydrogens is 432 g/mol. The van der Waals surface area contributed by atoms with Gasteiger partial charge in [-0.1, -0.05) is 59.9 Å². The minimum atomic E-state index is -0.392. The Morgan fingerprint density at radius 1 is 0.909 bits per heavy atom. The Hall–Kier alpha value is -3.84. The molecule has 0 aliphatic heterocycles. The van der Waals surface area contributed by atoms with E-state index in [9.17, 15) is 9.59 Å². The molecule has 1 aliphatic rings. The average Bonchev–Trinajstić information content (AvgIpc) is 3.20. The van der Waals surface area contributed by atoms with Gasteiger partial charge >= 0.3 is 0 Å². The minimum absolute atomic E-state index is 0.0946. The topological polar surface area (TPSA) is 84.0 Å². The fraction of sp³-hybridized carbons (Fsp3) is 0.154. The Kier molecular flexibility index (Phi) is 5.71. The maximum absolute atomic E-state index is 13.6. The van der Waals surface area contributed by atoms with E-state index < -0.39 is 5.92 Å². The monoisotopic (exact) mass is 454 g/mol. The lowest BCUT2D eigenvalue weighted by molar-refractivity contribution is -0.117. The van der Waals surface area contributed by atoms with Crippen LogP contribution in [0.15, 0.2) is 73.2 Å². The fourth-order valence-corrected chi connectivity index (χ4v) is 5.10. The Morgan fingerprint density at radius 2 is 1.58 bits per heavy atom. The number of carbonyl (C=O) groups excluding carboxylic acids is 2. The van der Waals surface area contributed by atoms with Gasteiger partial charge in [-0.3, -0.25) is 14.6 Å². The van der Waals surface area contributed by atoms with Crippen molar-refractivity contribution in [2.75, 3.05) is 10.6 Å². The quantitative estimate of drug-likeness (QED) is 0.453. The molecule has 2 heterocycles. The summed E-state index contributed by atoms with van der Waals surface area (Å²) < 4.78 is 0. The summed E-state index contributed by atoms with van der Waals surface area (Å²) in [6.07, 6.45) is 6.84. The summed E-state index contributed by atoms with van der Waals surface area (Å²) in [4.78, 5) is 34.4. The van der Waals surface area contributed by atoms with Gasteiger partial charge in [-0.05, 0) is 41.2 Å². The molecule has 0 saturated carbocycles. The maximum atomic E-state index is 13.6. The zero-order chi connectivity index (χ0) is 22.8. The van der Waals surface area contributed by atoms with Gasteiger partial charge < -0.3 is 10.6 Å². The van der Waals surface area contributed by atoms with Crippen LogP contribution in [0.25, 0.3) is 10.4 Å². The number of thiazole rings is 1. The summed E-state index contributed by atoms with van der Waals surface area (Å²) >= 11 is 1.38. The highest BCUT2D eigenvalue weighted by Gasteiger charge is 2.29. The molecule has 2 amide bonds. The number of benzene rings is 2. The van der Waals surface area contributed by atoms with Crippen LogP contribution in [0.2, 0.25) is 0 Å². The maximum Gasteiger partial charge on any atom is 0.238 e. The van der Waals surface area contributed by atoms with E-state index in [1.807, 2.05) is 42.5 Å². The van der Waals surface area contributed by atoms with E-state index in [1.54, 1.807) is 18.6 Å². The second kappa shape index (κ2) is 8.96. The fourth-order valence-electron chi connectivity index (χ4n) is 4.30. The molecule has 2 N–H and O–H groups in total. The smallest absolute Gasteiger partial charge is 0.238 e. The third-order valence-electron chi connectivity index (χ3n) is 5.74. The highest BCUT2D eigenvalue weighted by atomic mass is 32.1. The van der Waals surface area contributed by atoms with Crippen LogP contribution in [0, 0.1) is 0 Å². The zero-order valence-electron chi connectivity index (χ0n) is 18.0. The number of aromatic nitrogens is 2. The highest BCUT2D eigenvalue weighted by molar-refractivity contribution is 7.19.